The molecule has 0 atom stereocenters. The van der Waals surface area contributed by atoms with E-state index in [1.165, 1.54) is 0 Å². The zero-order valence-corrected chi connectivity index (χ0v) is 16.4. The van der Waals surface area contributed by atoms with Gasteiger partial charge in [-0.3, -0.25) is 4.79 Å². The summed E-state index contributed by atoms with van der Waals surface area (Å²) in [5, 5.41) is 2.89. The van der Waals surface area contributed by atoms with Crippen molar-refractivity contribution in [3.63, 3.8) is 0 Å². The quantitative estimate of drug-likeness (QED) is 0.712. The van der Waals surface area contributed by atoms with Gasteiger partial charge >= 0.3 is 0 Å². The lowest BCUT2D eigenvalue weighted by Gasteiger charge is -2.15. The zero-order valence-electron chi connectivity index (χ0n) is 15.5. The fraction of sp³-hybridized carbons (Fsp3) is 0.316. The molecule has 2 rings (SSSR count). The highest BCUT2D eigenvalue weighted by molar-refractivity contribution is 7.98. The summed E-state index contributed by atoms with van der Waals surface area (Å²) >= 11 is 1.59. The molecule has 2 aromatic carbocycles. The number of thioether (sulfide) groups is 1. The predicted octanol–water partition coefficient (Wildman–Crippen LogP) is 3.37. The van der Waals surface area contributed by atoms with E-state index in [1.807, 2.05) is 18.4 Å². The molecule has 0 unspecified atom stereocenters. The molecule has 0 aromatic heterocycles. The average molecular weight is 377 g/mol. The Hall–Kier alpha value is -2.54. The molecule has 0 aliphatic heterocycles. The van der Waals surface area contributed by atoms with Crippen molar-refractivity contribution in [1.82, 2.24) is 5.32 Å². The number of benzene rings is 2. The van der Waals surface area contributed by atoms with E-state index >= 15 is 0 Å². The molecule has 0 heterocycles. The Balaban J connectivity index is 2.22. The topological polar surface area (TPSA) is 66.0 Å². The molecule has 2 aromatic rings. The van der Waals surface area contributed by atoms with Gasteiger partial charge in [0.05, 0.1) is 34.0 Å². The third-order valence-electron chi connectivity index (χ3n) is 3.88. The van der Waals surface area contributed by atoms with Crippen molar-refractivity contribution in [1.29, 1.82) is 0 Å². The normalized spacial score (nSPS) is 10.2. The fourth-order valence-electron chi connectivity index (χ4n) is 2.49. The van der Waals surface area contributed by atoms with Crippen molar-refractivity contribution in [2.24, 2.45) is 0 Å². The van der Waals surface area contributed by atoms with Gasteiger partial charge in [-0.1, -0.05) is 0 Å². The first-order chi connectivity index (χ1) is 12.6. The Morgan fingerprint density at radius 1 is 0.885 bits per heavy atom. The van der Waals surface area contributed by atoms with Crippen LogP contribution < -0.4 is 24.3 Å². The van der Waals surface area contributed by atoms with E-state index < -0.39 is 0 Å². The van der Waals surface area contributed by atoms with Crippen LogP contribution in [0.4, 0.5) is 0 Å². The van der Waals surface area contributed by atoms with Gasteiger partial charge in [0.2, 0.25) is 0 Å². The molecule has 0 aliphatic rings. The van der Waals surface area contributed by atoms with Gasteiger partial charge in [-0.15, -0.1) is 11.8 Å². The lowest BCUT2D eigenvalue weighted by molar-refractivity contribution is 0.0947. The van der Waals surface area contributed by atoms with Gasteiger partial charge in [-0.2, -0.15) is 0 Å². The number of rotatable bonds is 8. The summed E-state index contributed by atoms with van der Waals surface area (Å²) in [6, 6.07) is 9.00. The molecule has 0 saturated carbocycles. The third-order valence-corrected chi connectivity index (χ3v) is 4.60. The predicted molar refractivity (Wildman–Crippen MR) is 102 cm³/mol. The molecule has 26 heavy (non-hydrogen) atoms. The zero-order chi connectivity index (χ0) is 19.1. The minimum atomic E-state index is -0.230. The summed E-state index contributed by atoms with van der Waals surface area (Å²) in [7, 11) is 6.23. The number of nitrogens with one attached hydrogen (secondary N) is 1. The van der Waals surface area contributed by atoms with Crippen molar-refractivity contribution >= 4 is 17.7 Å². The fourth-order valence-corrected chi connectivity index (χ4v) is 2.92. The van der Waals surface area contributed by atoms with Crippen molar-refractivity contribution in [2.45, 2.75) is 11.4 Å². The maximum atomic E-state index is 12.6. The Morgan fingerprint density at radius 2 is 1.50 bits per heavy atom. The molecule has 1 N–H and O–H groups in total. The summed E-state index contributed by atoms with van der Waals surface area (Å²) < 4.78 is 21.3. The standard InChI is InChI=1S/C19H23NO5S/c1-22-15-10-18(25-4)17(24-3)8-12(15)11-20-19(21)14-7-6-13(26-5)9-16(14)23-2/h6-10H,11H2,1-5H3,(H,20,21). The van der Waals surface area contributed by atoms with Crippen LogP contribution in [-0.4, -0.2) is 40.6 Å². The molecule has 0 saturated heterocycles. The SMILES string of the molecule is COc1cc(OC)c(OC)cc1CNC(=O)c1ccc(SC)cc1OC. The van der Waals surface area contributed by atoms with Crippen molar-refractivity contribution in [3.05, 3.63) is 41.5 Å². The smallest absolute Gasteiger partial charge is 0.255 e. The van der Waals surface area contributed by atoms with E-state index in [-0.39, 0.29) is 12.5 Å². The number of carbonyl (C=O) groups is 1. The first-order valence-electron chi connectivity index (χ1n) is 7.87. The third kappa shape index (κ3) is 4.35. The van der Waals surface area contributed by atoms with Gasteiger partial charge in [-0.05, 0) is 30.5 Å². The number of amides is 1. The van der Waals surface area contributed by atoms with E-state index in [9.17, 15) is 4.79 Å². The Labute approximate surface area is 157 Å². The Bertz CT molecular complexity index is 779. The number of hydrogen-bond acceptors (Lipinski definition) is 6. The first kappa shape index (κ1) is 19.8. The lowest BCUT2D eigenvalue weighted by Crippen LogP contribution is -2.23. The largest absolute Gasteiger partial charge is 0.496 e. The maximum absolute atomic E-state index is 12.6. The minimum Gasteiger partial charge on any atom is -0.496 e. The monoisotopic (exact) mass is 377 g/mol. The van der Waals surface area contributed by atoms with Crippen LogP contribution in [-0.2, 0) is 6.54 Å². The van der Waals surface area contributed by atoms with Crippen molar-refractivity contribution in [2.75, 3.05) is 34.7 Å². The molecule has 6 nitrogen and oxygen atoms in total. The maximum Gasteiger partial charge on any atom is 0.255 e. The number of ether oxygens (including phenoxy) is 4. The number of carbonyl (C=O) groups excluding carboxylic acids is 1. The van der Waals surface area contributed by atoms with E-state index in [1.54, 1.807) is 58.4 Å². The van der Waals surface area contributed by atoms with Crippen LogP contribution in [0.25, 0.3) is 0 Å². The molecular formula is C19H23NO5S. The molecule has 0 radical (unpaired) electrons. The second-order valence-corrected chi connectivity index (χ2v) is 6.15. The van der Waals surface area contributed by atoms with Crippen LogP contribution in [0.15, 0.2) is 35.2 Å². The minimum absolute atomic E-state index is 0.230. The molecule has 1 amide bonds. The van der Waals surface area contributed by atoms with Crippen molar-refractivity contribution < 1.29 is 23.7 Å². The molecule has 0 spiro atoms. The number of methoxy groups -OCH3 is 4. The highest BCUT2D eigenvalue weighted by Gasteiger charge is 2.16. The molecule has 0 aliphatic carbocycles. The second kappa shape index (κ2) is 9.24. The van der Waals surface area contributed by atoms with Crippen LogP contribution in [0.3, 0.4) is 0 Å². The molecule has 0 bridgehead atoms. The van der Waals surface area contributed by atoms with Crippen LogP contribution in [0.5, 0.6) is 23.0 Å². The Kier molecular flexibility index (Phi) is 7.03. The van der Waals surface area contributed by atoms with Gasteiger partial charge < -0.3 is 24.3 Å². The van der Waals surface area contributed by atoms with Crippen LogP contribution in [0.1, 0.15) is 15.9 Å². The molecular weight excluding hydrogens is 354 g/mol. The van der Waals surface area contributed by atoms with Crippen LogP contribution in [0, 0.1) is 0 Å². The van der Waals surface area contributed by atoms with Gasteiger partial charge in [0.25, 0.3) is 5.91 Å². The van der Waals surface area contributed by atoms with Crippen molar-refractivity contribution in [3.8, 4) is 23.0 Å². The molecule has 0 fully saturated rings. The van der Waals surface area contributed by atoms with Gasteiger partial charge in [0, 0.05) is 23.1 Å². The second-order valence-electron chi connectivity index (χ2n) is 5.27. The first-order valence-corrected chi connectivity index (χ1v) is 9.09. The summed E-state index contributed by atoms with van der Waals surface area (Å²) in [5.41, 5.74) is 1.25. The van der Waals surface area contributed by atoms with Gasteiger partial charge in [0.15, 0.2) is 11.5 Å². The lowest BCUT2D eigenvalue weighted by atomic mass is 10.1. The van der Waals surface area contributed by atoms with Gasteiger partial charge in [0.1, 0.15) is 11.5 Å². The highest BCUT2D eigenvalue weighted by atomic mass is 32.2. The highest BCUT2D eigenvalue weighted by Crippen LogP contribution is 2.34. The molecule has 140 valence electrons. The summed E-state index contributed by atoms with van der Waals surface area (Å²) in [6.07, 6.45) is 1.97. The van der Waals surface area contributed by atoms with E-state index in [4.69, 9.17) is 18.9 Å². The van der Waals surface area contributed by atoms with E-state index in [0.717, 1.165) is 10.5 Å². The summed E-state index contributed by atoms with van der Waals surface area (Å²) in [5.74, 6) is 2.04. The molecule has 7 heteroatoms. The van der Waals surface area contributed by atoms with Crippen LogP contribution >= 0.6 is 11.8 Å². The summed E-state index contributed by atoms with van der Waals surface area (Å²) in [6.45, 7) is 0.274. The van der Waals surface area contributed by atoms with E-state index in [0.29, 0.717) is 28.6 Å². The van der Waals surface area contributed by atoms with Crippen LogP contribution in [0.2, 0.25) is 0 Å². The summed E-state index contributed by atoms with van der Waals surface area (Å²) in [4.78, 5) is 13.6. The average Bonchev–Trinajstić information content (AvgIpc) is 2.70. The Morgan fingerprint density at radius 3 is 2.08 bits per heavy atom. The number of hydrogen-bond donors (Lipinski definition) is 1. The van der Waals surface area contributed by atoms with Gasteiger partial charge in [-0.25, -0.2) is 0 Å². The van der Waals surface area contributed by atoms with E-state index in [2.05, 4.69) is 5.32 Å².